The van der Waals surface area contributed by atoms with Crippen molar-refractivity contribution in [3.05, 3.63) is 0 Å². The molecule has 0 radical (unpaired) electrons. The van der Waals surface area contributed by atoms with Gasteiger partial charge in [0.25, 0.3) is 0 Å². The minimum Gasteiger partial charge on any atom is -0.352 e. The Kier molecular flexibility index (Phi) is 11.5. The van der Waals surface area contributed by atoms with E-state index >= 15 is 0 Å². The van der Waals surface area contributed by atoms with E-state index in [1.54, 1.807) is 0 Å². The number of unbranched alkanes of at least 4 members (excludes halogenated alkanes) is 8. The number of ether oxygens (including phenoxy) is 2. The molecule has 2 rings (SSSR count). The van der Waals surface area contributed by atoms with E-state index in [1.165, 1.54) is 70.6 Å². The highest BCUT2D eigenvalue weighted by molar-refractivity contribution is 5.01. The highest BCUT2D eigenvalue weighted by atomic mass is 16.7. The van der Waals surface area contributed by atoms with Crippen LogP contribution in [-0.2, 0) is 9.47 Å². The monoisotopic (exact) mass is 391 g/mol. The molecule has 2 aliphatic rings. The van der Waals surface area contributed by atoms with Crippen molar-refractivity contribution in [3.8, 4) is 6.07 Å². The molecule has 28 heavy (non-hydrogen) atoms. The summed E-state index contributed by atoms with van der Waals surface area (Å²) in [6.45, 7) is 6.26. The van der Waals surface area contributed by atoms with Crippen LogP contribution in [0.25, 0.3) is 0 Å². The van der Waals surface area contributed by atoms with Crippen LogP contribution in [-0.4, -0.2) is 19.5 Å². The van der Waals surface area contributed by atoms with Crippen LogP contribution in [0.3, 0.4) is 0 Å². The molecule has 0 amide bonds. The van der Waals surface area contributed by atoms with Crippen molar-refractivity contribution in [2.24, 2.45) is 17.3 Å². The molecule has 0 atom stereocenters. The quantitative estimate of drug-likeness (QED) is 0.307. The highest BCUT2D eigenvalue weighted by Crippen LogP contribution is 2.44. The maximum atomic E-state index is 9.80. The zero-order valence-corrected chi connectivity index (χ0v) is 18.7. The van der Waals surface area contributed by atoms with Gasteiger partial charge in [0, 0.05) is 11.8 Å². The molecule has 0 aromatic rings. The molecule has 0 spiro atoms. The molecule has 0 aromatic carbocycles. The van der Waals surface area contributed by atoms with Gasteiger partial charge in [0.15, 0.2) is 6.29 Å². The summed E-state index contributed by atoms with van der Waals surface area (Å²) < 4.78 is 12.3. The summed E-state index contributed by atoms with van der Waals surface area (Å²) >= 11 is 0. The minimum atomic E-state index is -0.0710. The van der Waals surface area contributed by atoms with Gasteiger partial charge in [0.2, 0.25) is 0 Å². The van der Waals surface area contributed by atoms with Gasteiger partial charge in [-0.2, -0.15) is 5.26 Å². The second kappa shape index (κ2) is 13.6. The second-order valence-electron chi connectivity index (χ2n) is 9.50. The van der Waals surface area contributed by atoms with Gasteiger partial charge in [-0.15, -0.1) is 0 Å². The molecule has 0 N–H and O–H groups in total. The van der Waals surface area contributed by atoms with E-state index in [2.05, 4.69) is 19.9 Å². The number of hydrogen-bond acceptors (Lipinski definition) is 3. The van der Waals surface area contributed by atoms with Crippen LogP contribution in [0.15, 0.2) is 0 Å². The van der Waals surface area contributed by atoms with Crippen LogP contribution < -0.4 is 0 Å². The summed E-state index contributed by atoms with van der Waals surface area (Å²) in [7, 11) is 0. The summed E-state index contributed by atoms with van der Waals surface area (Å²) in [5.74, 6) is 1.08. The van der Waals surface area contributed by atoms with Gasteiger partial charge in [-0.1, -0.05) is 78.1 Å². The lowest BCUT2D eigenvalue weighted by molar-refractivity contribution is -0.231. The van der Waals surface area contributed by atoms with Crippen LogP contribution in [0, 0.1) is 28.6 Å². The van der Waals surface area contributed by atoms with Crippen molar-refractivity contribution in [2.75, 3.05) is 13.2 Å². The van der Waals surface area contributed by atoms with Gasteiger partial charge in [-0.05, 0) is 38.5 Å². The molecule has 0 bridgehead atoms. The molecule has 0 unspecified atom stereocenters. The normalized spacial score (nSPS) is 30.8. The van der Waals surface area contributed by atoms with Gasteiger partial charge < -0.3 is 9.47 Å². The van der Waals surface area contributed by atoms with Crippen molar-refractivity contribution in [1.29, 1.82) is 5.26 Å². The van der Waals surface area contributed by atoms with E-state index in [9.17, 15) is 5.26 Å². The van der Waals surface area contributed by atoms with Crippen molar-refractivity contribution >= 4 is 0 Å². The molecule has 1 saturated heterocycles. The smallest absolute Gasteiger partial charge is 0.160 e. The number of nitrogens with zero attached hydrogens (tertiary/aromatic N) is 1. The lowest BCUT2D eigenvalue weighted by Crippen LogP contribution is -2.40. The van der Waals surface area contributed by atoms with Gasteiger partial charge in [0.1, 0.15) is 0 Å². The highest BCUT2D eigenvalue weighted by Gasteiger charge is 2.39. The average molecular weight is 392 g/mol. The standard InChI is InChI=1S/C25H45NO2/c1-3-5-7-9-11-13-22-19-27-24(28-20-22)23-14-17-25(21-26,18-15-23)16-12-10-8-6-4-2/h22-24H,3-20H2,1-2H3. The Bertz CT molecular complexity index is 428. The number of nitriles is 1. The van der Waals surface area contributed by atoms with E-state index in [-0.39, 0.29) is 11.7 Å². The Labute approximate surface area is 174 Å². The zero-order chi connectivity index (χ0) is 20.1. The Balaban J connectivity index is 1.62. The van der Waals surface area contributed by atoms with Crippen molar-refractivity contribution in [1.82, 2.24) is 0 Å². The average Bonchev–Trinajstić information content (AvgIpc) is 2.74. The molecule has 1 heterocycles. The predicted molar refractivity (Wildman–Crippen MR) is 116 cm³/mol. The van der Waals surface area contributed by atoms with Crippen molar-refractivity contribution < 1.29 is 9.47 Å². The molecule has 3 nitrogen and oxygen atoms in total. The Hall–Kier alpha value is -0.590. The second-order valence-corrected chi connectivity index (χ2v) is 9.50. The Morgan fingerprint density at radius 3 is 1.96 bits per heavy atom. The molecular weight excluding hydrogens is 346 g/mol. The Morgan fingerprint density at radius 1 is 0.821 bits per heavy atom. The lowest BCUT2D eigenvalue weighted by atomic mass is 9.68. The maximum Gasteiger partial charge on any atom is 0.160 e. The summed E-state index contributed by atoms with van der Waals surface area (Å²) in [5.41, 5.74) is -0.0710. The fourth-order valence-corrected chi connectivity index (χ4v) is 4.98. The minimum absolute atomic E-state index is 0.0161. The largest absolute Gasteiger partial charge is 0.352 e. The summed E-state index contributed by atoms with van der Waals surface area (Å²) in [4.78, 5) is 0. The number of hydrogen-bond donors (Lipinski definition) is 0. The molecule has 1 aliphatic heterocycles. The van der Waals surface area contributed by atoms with E-state index in [0.717, 1.165) is 45.3 Å². The van der Waals surface area contributed by atoms with Crippen LogP contribution >= 0.6 is 0 Å². The summed E-state index contributed by atoms with van der Waals surface area (Å²) in [6.07, 6.45) is 19.7. The molecular formula is C25H45NO2. The maximum absolute atomic E-state index is 9.80. The van der Waals surface area contributed by atoms with Gasteiger partial charge in [-0.3, -0.25) is 0 Å². The van der Waals surface area contributed by atoms with Crippen molar-refractivity contribution in [3.63, 3.8) is 0 Å². The first-order valence-electron chi connectivity index (χ1n) is 12.4. The molecule has 3 heteroatoms. The molecule has 0 aromatic heterocycles. The summed E-state index contributed by atoms with van der Waals surface area (Å²) in [5, 5.41) is 9.80. The van der Waals surface area contributed by atoms with E-state index < -0.39 is 0 Å². The van der Waals surface area contributed by atoms with Crippen LogP contribution in [0.2, 0.25) is 0 Å². The fourth-order valence-electron chi connectivity index (χ4n) is 4.98. The topological polar surface area (TPSA) is 42.2 Å². The van der Waals surface area contributed by atoms with Crippen LogP contribution in [0.4, 0.5) is 0 Å². The predicted octanol–water partition coefficient (Wildman–Crippen LogP) is 7.40. The first kappa shape index (κ1) is 23.7. The number of rotatable bonds is 13. The first-order valence-corrected chi connectivity index (χ1v) is 12.4. The van der Waals surface area contributed by atoms with E-state index in [0.29, 0.717) is 11.8 Å². The van der Waals surface area contributed by atoms with E-state index in [1.807, 2.05) is 0 Å². The van der Waals surface area contributed by atoms with Gasteiger partial charge in [-0.25, -0.2) is 0 Å². The third-order valence-corrected chi connectivity index (χ3v) is 7.08. The van der Waals surface area contributed by atoms with Crippen LogP contribution in [0.5, 0.6) is 0 Å². The summed E-state index contributed by atoms with van der Waals surface area (Å²) in [6, 6.07) is 2.69. The van der Waals surface area contributed by atoms with E-state index in [4.69, 9.17) is 9.47 Å². The molecule has 1 saturated carbocycles. The first-order chi connectivity index (χ1) is 13.7. The third-order valence-electron chi connectivity index (χ3n) is 7.08. The van der Waals surface area contributed by atoms with Gasteiger partial charge >= 0.3 is 0 Å². The zero-order valence-electron chi connectivity index (χ0n) is 18.7. The third kappa shape index (κ3) is 8.03. The van der Waals surface area contributed by atoms with Crippen molar-refractivity contribution in [2.45, 2.75) is 123 Å². The SMILES string of the molecule is CCCCCCCC1COC(C2CCC(C#N)(CCCCCCC)CC2)OC1. The molecule has 2 fully saturated rings. The fraction of sp³-hybridized carbons (Fsp3) is 0.960. The molecule has 162 valence electrons. The Morgan fingerprint density at radius 2 is 1.39 bits per heavy atom. The van der Waals surface area contributed by atoms with Crippen LogP contribution in [0.1, 0.15) is 117 Å². The molecule has 1 aliphatic carbocycles. The lowest BCUT2D eigenvalue weighted by Gasteiger charge is -2.40. The van der Waals surface area contributed by atoms with Gasteiger partial charge in [0.05, 0.1) is 24.7 Å².